The molecule has 2 aromatic rings. The molecule has 0 aliphatic rings. The number of ether oxygens (including phenoxy) is 1. The molecule has 0 heterocycles. The van der Waals surface area contributed by atoms with Gasteiger partial charge in [-0.25, -0.2) is 8.78 Å². The fraction of sp³-hybridized carbons (Fsp3) is 0.294. The Kier molecular flexibility index (Phi) is 5.28. The average Bonchev–Trinajstić information content (AvgIpc) is 2.45. The minimum atomic E-state index is -0.537. The molecule has 1 unspecified atom stereocenters. The molecule has 0 saturated carbocycles. The van der Waals surface area contributed by atoms with Crippen molar-refractivity contribution in [3.05, 3.63) is 65.2 Å². The van der Waals surface area contributed by atoms with E-state index in [0.717, 1.165) is 11.3 Å². The van der Waals surface area contributed by atoms with Gasteiger partial charge >= 0.3 is 0 Å². The summed E-state index contributed by atoms with van der Waals surface area (Å²) >= 11 is 0. The predicted molar refractivity (Wildman–Crippen MR) is 79.4 cm³/mol. The highest BCUT2D eigenvalue weighted by atomic mass is 19.1. The van der Waals surface area contributed by atoms with Crippen molar-refractivity contribution in [2.24, 2.45) is 0 Å². The van der Waals surface area contributed by atoms with Crippen molar-refractivity contribution in [3.8, 4) is 5.75 Å². The summed E-state index contributed by atoms with van der Waals surface area (Å²) in [6.07, 6.45) is 0.474. The number of nitrogens with one attached hydrogen (secondary N) is 1. The summed E-state index contributed by atoms with van der Waals surface area (Å²) in [7, 11) is 1.68. The lowest BCUT2D eigenvalue weighted by Gasteiger charge is -2.18. The highest BCUT2D eigenvalue weighted by molar-refractivity contribution is 5.27. The Morgan fingerprint density at radius 2 is 1.76 bits per heavy atom. The van der Waals surface area contributed by atoms with Crippen LogP contribution in [0.15, 0.2) is 42.5 Å². The molecule has 0 bridgehead atoms. The Labute approximate surface area is 123 Å². The number of rotatable bonds is 6. The Morgan fingerprint density at radius 3 is 2.38 bits per heavy atom. The standard InChI is InChI=1S/C17H19F2NO/c1-12-5-3-6-13(11-12)21-10-9-16(20-2)17-14(18)7-4-8-15(17)19/h3-8,11,16,20H,9-10H2,1-2H3. The third kappa shape index (κ3) is 4.02. The van der Waals surface area contributed by atoms with Crippen LogP contribution in [0.2, 0.25) is 0 Å². The summed E-state index contributed by atoms with van der Waals surface area (Å²) in [4.78, 5) is 0. The van der Waals surface area contributed by atoms with Crippen molar-refractivity contribution < 1.29 is 13.5 Å². The van der Waals surface area contributed by atoms with Crippen LogP contribution >= 0.6 is 0 Å². The molecule has 0 amide bonds. The molecule has 2 nitrogen and oxygen atoms in total. The van der Waals surface area contributed by atoms with Gasteiger partial charge in [-0.3, -0.25) is 0 Å². The Morgan fingerprint density at radius 1 is 1.10 bits per heavy atom. The second-order valence-electron chi connectivity index (χ2n) is 4.93. The Hall–Kier alpha value is -1.94. The predicted octanol–water partition coefficient (Wildman–Crippen LogP) is 4.00. The molecule has 1 N–H and O–H groups in total. The van der Waals surface area contributed by atoms with Crippen molar-refractivity contribution in [1.82, 2.24) is 5.32 Å². The molecule has 0 fully saturated rings. The normalized spacial score (nSPS) is 12.2. The molecule has 1 atom stereocenters. The Balaban J connectivity index is 2.00. The number of aryl methyl sites for hydroxylation is 1. The summed E-state index contributed by atoms with van der Waals surface area (Å²) < 4.78 is 33.2. The zero-order valence-corrected chi connectivity index (χ0v) is 12.2. The highest BCUT2D eigenvalue weighted by Crippen LogP contribution is 2.23. The molecule has 21 heavy (non-hydrogen) atoms. The van der Waals surface area contributed by atoms with Gasteiger partial charge in [-0.2, -0.15) is 0 Å². The maximum absolute atomic E-state index is 13.8. The van der Waals surface area contributed by atoms with E-state index in [1.807, 2.05) is 31.2 Å². The van der Waals surface area contributed by atoms with Gasteiger partial charge < -0.3 is 10.1 Å². The molecule has 0 spiro atoms. The summed E-state index contributed by atoms with van der Waals surface area (Å²) in [5, 5.41) is 2.94. The van der Waals surface area contributed by atoms with E-state index in [2.05, 4.69) is 5.32 Å². The van der Waals surface area contributed by atoms with Crippen molar-refractivity contribution in [3.63, 3.8) is 0 Å². The van der Waals surface area contributed by atoms with Crippen molar-refractivity contribution in [2.45, 2.75) is 19.4 Å². The second kappa shape index (κ2) is 7.18. The summed E-state index contributed by atoms with van der Waals surface area (Å²) in [5.41, 5.74) is 1.17. The SMILES string of the molecule is CNC(CCOc1cccc(C)c1)c1c(F)cccc1F. The number of hydrogen-bond donors (Lipinski definition) is 1. The first-order chi connectivity index (χ1) is 10.1. The lowest BCUT2D eigenvalue weighted by molar-refractivity contribution is 0.286. The van der Waals surface area contributed by atoms with Crippen LogP contribution < -0.4 is 10.1 Å². The zero-order chi connectivity index (χ0) is 15.2. The van der Waals surface area contributed by atoms with Gasteiger partial charge in [-0.15, -0.1) is 0 Å². The van der Waals surface area contributed by atoms with E-state index in [1.54, 1.807) is 7.05 Å². The van der Waals surface area contributed by atoms with Crippen molar-refractivity contribution in [1.29, 1.82) is 0 Å². The summed E-state index contributed by atoms with van der Waals surface area (Å²) in [6, 6.07) is 11.2. The van der Waals surface area contributed by atoms with Gasteiger partial charge in [-0.1, -0.05) is 18.2 Å². The molecule has 4 heteroatoms. The van der Waals surface area contributed by atoms with E-state index in [4.69, 9.17) is 4.74 Å². The van der Waals surface area contributed by atoms with Crippen LogP contribution in [0.5, 0.6) is 5.75 Å². The van der Waals surface area contributed by atoms with Gasteiger partial charge in [0.25, 0.3) is 0 Å². The van der Waals surface area contributed by atoms with Gasteiger partial charge in [0.05, 0.1) is 6.61 Å². The highest BCUT2D eigenvalue weighted by Gasteiger charge is 2.18. The summed E-state index contributed by atoms with van der Waals surface area (Å²) in [5.74, 6) is -0.311. The lowest BCUT2D eigenvalue weighted by atomic mass is 10.0. The third-order valence-electron chi connectivity index (χ3n) is 3.36. The first-order valence-electron chi connectivity index (χ1n) is 6.92. The molecule has 0 aliphatic heterocycles. The molecule has 0 aliphatic carbocycles. The van der Waals surface area contributed by atoms with E-state index in [0.29, 0.717) is 13.0 Å². The first kappa shape index (κ1) is 15.4. The van der Waals surface area contributed by atoms with Crippen molar-refractivity contribution in [2.75, 3.05) is 13.7 Å². The minimum Gasteiger partial charge on any atom is -0.494 e. The van der Waals surface area contributed by atoms with E-state index in [9.17, 15) is 8.78 Å². The van der Waals surface area contributed by atoms with Crippen LogP contribution in [0.1, 0.15) is 23.6 Å². The van der Waals surface area contributed by atoms with Gasteiger partial charge in [0.2, 0.25) is 0 Å². The molecule has 112 valence electrons. The van der Waals surface area contributed by atoms with Gasteiger partial charge in [0.1, 0.15) is 17.4 Å². The smallest absolute Gasteiger partial charge is 0.130 e. The number of halogens is 2. The number of benzene rings is 2. The van der Waals surface area contributed by atoms with Crippen LogP contribution in [-0.2, 0) is 0 Å². The molecule has 0 saturated heterocycles. The minimum absolute atomic E-state index is 0.0628. The monoisotopic (exact) mass is 291 g/mol. The third-order valence-corrected chi connectivity index (χ3v) is 3.36. The van der Waals surface area contributed by atoms with E-state index in [-0.39, 0.29) is 5.56 Å². The zero-order valence-electron chi connectivity index (χ0n) is 12.2. The molecule has 2 aromatic carbocycles. The molecular formula is C17H19F2NO. The van der Waals surface area contributed by atoms with E-state index >= 15 is 0 Å². The maximum Gasteiger partial charge on any atom is 0.130 e. The Bertz CT molecular complexity index is 581. The van der Waals surface area contributed by atoms with E-state index in [1.165, 1.54) is 18.2 Å². The van der Waals surface area contributed by atoms with Crippen LogP contribution in [-0.4, -0.2) is 13.7 Å². The van der Waals surface area contributed by atoms with Gasteiger partial charge in [-0.05, 0) is 43.8 Å². The topological polar surface area (TPSA) is 21.3 Å². The number of hydrogen-bond acceptors (Lipinski definition) is 2. The summed E-state index contributed by atoms with van der Waals surface area (Å²) in [6.45, 7) is 2.36. The van der Waals surface area contributed by atoms with Crippen molar-refractivity contribution >= 4 is 0 Å². The largest absolute Gasteiger partial charge is 0.494 e. The quantitative estimate of drug-likeness (QED) is 0.868. The molecular weight excluding hydrogens is 272 g/mol. The lowest BCUT2D eigenvalue weighted by Crippen LogP contribution is -2.21. The first-order valence-corrected chi connectivity index (χ1v) is 6.92. The average molecular weight is 291 g/mol. The van der Waals surface area contributed by atoms with Gasteiger partial charge in [0, 0.05) is 18.0 Å². The fourth-order valence-electron chi connectivity index (χ4n) is 2.28. The van der Waals surface area contributed by atoms with Crippen LogP contribution in [0, 0.1) is 18.6 Å². The molecule has 0 aromatic heterocycles. The molecule has 2 rings (SSSR count). The van der Waals surface area contributed by atoms with E-state index < -0.39 is 17.7 Å². The van der Waals surface area contributed by atoms with Crippen LogP contribution in [0.25, 0.3) is 0 Å². The maximum atomic E-state index is 13.8. The van der Waals surface area contributed by atoms with Crippen LogP contribution in [0.3, 0.4) is 0 Å². The fourth-order valence-corrected chi connectivity index (χ4v) is 2.28. The molecule has 0 radical (unpaired) electrons. The van der Waals surface area contributed by atoms with Crippen LogP contribution in [0.4, 0.5) is 8.78 Å². The van der Waals surface area contributed by atoms with Gasteiger partial charge in [0.15, 0.2) is 0 Å². The second-order valence-corrected chi connectivity index (χ2v) is 4.93.